The molecule has 0 rings (SSSR count). The number of hydrogen-bond donors (Lipinski definition) is 0. The smallest absolute Gasteiger partial charge is 0.306 e. The molecule has 0 aliphatic carbocycles. The maximum Gasteiger partial charge on any atom is 0.306 e. The number of rotatable bonds is 63. The van der Waals surface area contributed by atoms with Gasteiger partial charge in [0.1, 0.15) is 19.8 Å². The van der Waals surface area contributed by atoms with Crippen molar-refractivity contribution in [3.05, 3.63) is 24.3 Å². The molecule has 0 aromatic heterocycles. The Kier molecular flexibility index (Phi) is 58.0. The number of nitrogens with zero attached hydrogens (tertiary/aromatic N) is 1. The van der Waals surface area contributed by atoms with Gasteiger partial charge in [-0.2, -0.15) is 0 Å². The van der Waals surface area contributed by atoms with E-state index >= 15 is 0 Å². The van der Waals surface area contributed by atoms with Gasteiger partial charge in [0.2, 0.25) is 0 Å². The molecule has 0 spiro atoms. The average Bonchev–Trinajstić information content (AvgIpc) is 3.39. The van der Waals surface area contributed by atoms with Crippen LogP contribution in [0, 0.1) is 0 Å². The summed E-state index contributed by atoms with van der Waals surface area (Å²) in [4.78, 5) is 37.9. The van der Waals surface area contributed by atoms with E-state index in [1.54, 1.807) is 0 Å². The zero-order valence-corrected chi connectivity index (χ0v) is 52.8. The van der Waals surface area contributed by atoms with E-state index in [-0.39, 0.29) is 32.0 Å². The second-order valence-electron chi connectivity index (χ2n) is 24.2. The Bertz CT molecular complexity index is 1350. The quantitative estimate of drug-likeness (QED) is 0.0195. The third-order valence-corrected chi connectivity index (χ3v) is 16.2. The molecular formula is C67H130NO8P. The largest absolute Gasteiger partial charge is 0.756 e. The van der Waals surface area contributed by atoms with Gasteiger partial charge >= 0.3 is 11.9 Å². The van der Waals surface area contributed by atoms with Gasteiger partial charge in [0.25, 0.3) is 7.82 Å². The van der Waals surface area contributed by atoms with Gasteiger partial charge in [0, 0.05) is 12.8 Å². The summed E-state index contributed by atoms with van der Waals surface area (Å²) in [7, 11) is 1.17. The van der Waals surface area contributed by atoms with Crippen LogP contribution in [0.2, 0.25) is 0 Å². The minimum absolute atomic E-state index is 0.0314. The molecule has 2 unspecified atom stereocenters. The van der Waals surface area contributed by atoms with Gasteiger partial charge < -0.3 is 27.9 Å². The van der Waals surface area contributed by atoms with E-state index in [0.29, 0.717) is 17.4 Å². The van der Waals surface area contributed by atoms with Gasteiger partial charge in [-0.05, 0) is 44.9 Å². The summed E-state index contributed by atoms with van der Waals surface area (Å²) >= 11 is 0. The van der Waals surface area contributed by atoms with Gasteiger partial charge in [0.05, 0.1) is 27.7 Å². The highest BCUT2D eigenvalue weighted by Gasteiger charge is 2.22. The fourth-order valence-electron chi connectivity index (χ4n) is 10.0. The first-order valence-corrected chi connectivity index (χ1v) is 35.0. The van der Waals surface area contributed by atoms with Crippen molar-refractivity contribution in [2.45, 2.75) is 347 Å². The average molecular weight is 1110 g/mol. The van der Waals surface area contributed by atoms with Crippen LogP contribution in [0.15, 0.2) is 24.3 Å². The molecule has 0 N–H and O–H groups in total. The number of phosphoric acid groups is 1. The maximum atomic E-state index is 12.8. The van der Waals surface area contributed by atoms with Crippen molar-refractivity contribution < 1.29 is 42.1 Å². The third kappa shape index (κ3) is 63.5. The Hall–Kier alpha value is -1.51. The molecule has 456 valence electrons. The molecule has 0 amide bonds. The maximum absolute atomic E-state index is 12.8. The van der Waals surface area contributed by atoms with Crippen molar-refractivity contribution in [1.82, 2.24) is 0 Å². The number of carbonyl (C=O) groups excluding carboxylic acids is 2. The summed E-state index contributed by atoms with van der Waals surface area (Å²) in [5.41, 5.74) is 0. The Morgan fingerprint density at radius 1 is 0.403 bits per heavy atom. The van der Waals surface area contributed by atoms with Crippen molar-refractivity contribution in [3.8, 4) is 0 Å². The Balaban J connectivity index is 3.88. The van der Waals surface area contributed by atoms with Crippen LogP contribution in [0.1, 0.15) is 341 Å². The number of hydrogen-bond acceptors (Lipinski definition) is 8. The third-order valence-electron chi connectivity index (χ3n) is 15.2. The summed E-state index contributed by atoms with van der Waals surface area (Å²) in [5, 5.41) is 0. The molecule has 0 aliphatic rings. The van der Waals surface area contributed by atoms with Gasteiger partial charge in [-0.15, -0.1) is 0 Å². The molecule has 0 aromatic carbocycles. The molecule has 0 bridgehead atoms. The standard InChI is InChI=1S/C67H130NO8P/c1-6-8-10-12-14-16-18-20-22-24-25-26-27-28-29-30-31-32-33-34-35-36-37-38-39-40-41-42-43-44-46-47-49-51-53-55-57-59-66(69)73-63-65(64-75-77(71,72)74-62-61-68(3,4)5)76-67(70)60-58-56-54-52-50-48-45-23-21-19-17-15-13-11-9-7-2/h17,19,23,45,65H,6-16,18,20-22,24-44,46-64H2,1-5H3/b19-17-,45-23-. The zero-order valence-electron chi connectivity index (χ0n) is 51.9. The van der Waals surface area contributed by atoms with Crippen molar-refractivity contribution in [2.24, 2.45) is 0 Å². The summed E-state index contributed by atoms with van der Waals surface area (Å²) in [6.07, 6.45) is 72.8. The summed E-state index contributed by atoms with van der Waals surface area (Å²) < 4.78 is 34.2. The van der Waals surface area contributed by atoms with Crippen LogP contribution >= 0.6 is 7.82 Å². The fraction of sp³-hybridized carbons (Fsp3) is 0.910. The molecule has 0 saturated carbocycles. The number of unbranched alkanes of at least 4 members (excludes halogenated alkanes) is 45. The van der Waals surface area contributed by atoms with Gasteiger partial charge in [-0.1, -0.05) is 308 Å². The Morgan fingerprint density at radius 2 is 0.701 bits per heavy atom. The highest BCUT2D eigenvalue weighted by molar-refractivity contribution is 7.45. The molecule has 0 aliphatic heterocycles. The van der Waals surface area contributed by atoms with Crippen molar-refractivity contribution in [1.29, 1.82) is 0 Å². The van der Waals surface area contributed by atoms with E-state index in [1.165, 1.54) is 250 Å². The van der Waals surface area contributed by atoms with E-state index < -0.39 is 26.5 Å². The monoisotopic (exact) mass is 1110 g/mol. The van der Waals surface area contributed by atoms with Crippen LogP contribution in [-0.2, 0) is 32.7 Å². The Labute approximate surface area is 479 Å². The number of quaternary nitrogens is 1. The summed E-state index contributed by atoms with van der Waals surface area (Å²) in [6, 6.07) is 0. The van der Waals surface area contributed by atoms with Crippen LogP contribution in [0.5, 0.6) is 0 Å². The number of carbonyl (C=O) groups is 2. The molecule has 9 nitrogen and oxygen atoms in total. The minimum Gasteiger partial charge on any atom is -0.756 e. The van der Waals surface area contributed by atoms with Crippen molar-refractivity contribution in [2.75, 3.05) is 47.5 Å². The summed E-state index contributed by atoms with van der Waals surface area (Å²) in [5.74, 6) is -0.833. The summed E-state index contributed by atoms with van der Waals surface area (Å²) in [6.45, 7) is 4.26. The molecular weight excluding hydrogens is 978 g/mol. The van der Waals surface area contributed by atoms with Gasteiger partial charge in [0.15, 0.2) is 6.10 Å². The van der Waals surface area contributed by atoms with Gasteiger partial charge in [-0.3, -0.25) is 14.2 Å². The van der Waals surface area contributed by atoms with Crippen LogP contribution in [0.4, 0.5) is 0 Å². The van der Waals surface area contributed by atoms with E-state index in [0.717, 1.165) is 57.8 Å². The second kappa shape index (κ2) is 59.1. The highest BCUT2D eigenvalue weighted by atomic mass is 31.2. The normalized spacial score (nSPS) is 13.3. The van der Waals surface area contributed by atoms with Crippen molar-refractivity contribution >= 4 is 19.8 Å². The second-order valence-corrected chi connectivity index (χ2v) is 25.6. The van der Waals surface area contributed by atoms with E-state index in [1.807, 2.05) is 21.1 Å². The Morgan fingerprint density at radius 3 is 1.04 bits per heavy atom. The highest BCUT2D eigenvalue weighted by Crippen LogP contribution is 2.38. The lowest BCUT2D eigenvalue weighted by Gasteiger charge is -2.28. The molecule has 77 heavy (non-hydrogen) atoms. The SMILES string of the molecule is CCCCCC/C=C\C/C=C\CCCCCCCC(=O)OC(COC(=O)CCCCCCCCCCCCCCCCCCCCCCCCCCCCCCCCCCCCCCC)COP(=O)([O-])OCC[N+](C)(C)C. The van der Waals surface area contributed by atoms with Crippen LogP contribution < -0.4 is 4.89 Å². The van der Waals surface area contributed by atoms with Crippen molar-refractivity contribution in [3.63, 3.8) is 0 Å². The lowest BCUT2D eigenvalue weighted by molar-refractivity contribution is -0.870. The van der Waals surface area contributed by atoms with E-state index in [9.17, 15) is 19.0 Å². The first-order valence-electron chi connectivity index (χ1n) is 33.5. The van der Waals surface area contributed by atoms with Crippen LogP contribution in [0.25, 0.3) is 0 Å². The predicted molar refractivity (Wildman–Crippen MR) is 328 cm³/mol. The molecule has 0 radical (unpaired) electrons. The molecule has 10 heteroatoms. The van der Waals surface area contributed by atoms with Crippen LogP contribution in [0.3, 0.4) is 0 Å². The molecule has 0 fully saturated rings. The number of likely N-dealkylation sites (N-methyl/N-ethyl adjacent to an activating group) is 1. The zero-order chi connectivity index (χ0) is 56.3. The van der Waals surface area contributed by atoms with Gasteiger partial charge in [-0.25, -0.2) is 0 Å². The predicted octanol–water partition coefficient (Wildman–Crippen LogP) is 20.7. The molecule has 0 aromatic rings. The lowest BCUT2D eigenvalue weighted by atomic mass is 10.0. The van der Waals surface area contributed by atoms with Crippen LogP contribution in [-0.4, -0.2) is 70.0 Å². The van der Waals surface area contributed by atoms with E-state index in [4.69, 9.17) is 18.5 Å². The molecule has 2 atom stereocenters. The first-order chi connectivity index (χ1) is 37.5. The fourth-order valence-corrected chi connectivity index (χ4v) is 10.8. The topological polar surface area (TPSA) is 111 Å². The number of phosphoric ester groups is 1. The number of ether oxygens (including phenoxy) is 2. The first kappa shape index (κ1) is 75.5. The molecule has 0 heterocycles. The number of allylic oxidation sites excluding steroid dienone is 4. The number of esters is 2. The van der Waals surface area contributed by atoms with E-state index in [2.05, 4.69) is 38.2 Å². The molecule has 0 saturated heterocycles. The lowest BCUT2D eigenvalue weighted by Crippen LogP contribution is -2.37. The minimum atomic E-state index is -4.64.